The van der Waals surface area contributed by atoms with E-state index in [9.17, 15) is 18.8 Å². The second-order valence-corrected chi connectivity index (χ2v) is 9.76. The second kappa shape index (κ2) is 9.64. The van der Waals surface area contributed by atoms with E-state index >= 15 is 0 Å². The molecule has 0 radical (unpaired) electrons. The number of carbonyl (C=O) groups is 3. The van der Waals surface area contributed by atoms with Crippen molar-refractivity contribution in [1.29, 1.82) is 0 Å². The summed E-state index contributed by atoms with van der Waals surface area (Å²) in [7, 11) is 0. The lowest BCUT2D eigenvalue weighted by Gasteiger charge is -2.27. The van der Waals surface area contributed by atoms with Crippen LogP contribution in [0.15, 0.2) is 42.5 Å². The lowest BCUT2D eigenvalue weighted by Crippen LogP contribution is -2.47. The molecule has 2 aromatic carbocycles. The quantitative estimate of drug-likeness (QED) is 0.516. The van der Waals surface area contributed by atoms with Crippen LogP contribution < -0.4 is 5.32 Å². The molecule has 0 fully saturated rings. The zero-order chi connectivity index (χ0) is 25.4. The van der Waals surface area contributed by atoms with Gasteiger partial charge in [0.15, 0.2) is 5.82 Å². The molecule has 36 heavy (non-hydrogen) atoms. The van der Waals surface area contributed by atoms with Gasteiger partial charge in [0.1, 0.15) is 17.7 Å². The number of nitrogens with zero attached hydrogens (tertiary/aromatic N) is 4. The average Bonchev–Trinajstić information content (AvgIpc) is 3.26. The molecule has 1 aromatic heterocycles. The molecule has 2 aliphatic heterocycles. The molecular weight excluding hydrogens is 461 g/mol. The van der Waals surface area contributed by atoms with Crippen LogP contribution in [0.3, 0.4) is 0 Å². The number of hydrogen-bond donors (Lipinski definition) is 1. The molecule has 186 valence electrons. The van der Waals surface area contributed by atoms with Gasteiger partial charge in [0.25, 0.3) is 11.8 Å². The van der Waals surface area contributed by atoms with E-state index in [1.54, 1.807) is 24.3 Å². The number of carbonyl (C=O) groups excluding carboxylic acids is 3. The largest absolute Gasteiger partial charge is 0.324 e. The van der Waals surface area contributed by atoms with Gasteiger partial charge < -0.3 is 9.88 Å². The maximum absolute atomic E-state index is 14.9. The van der Waals surface area contributed by atoms with Crippen molar-refractivity contribution < 1.29 is 18.8 Å². The molecule has 3 amide bonds. The summed E-state index contributed by atoms with van der Waals surface area (Å²) in [4.78, 5) is 40.6. The summed E-state index contributed by atoms with van der Waals surface area (Å²) in [6.45, 7) is 4.56. The first kappa shape index (κ1) is 23.8. The molecule has 8 nitrogen and oxygen atoms in total. The SMILES string of the molecule is CC(C)CC(C(=O)Nc1ccc(F)c(-c2nnc3n2CCCCC3)c1)N1C(=O)c2ccccc2C1=O. The summed E-state index contributed by atoms with van der Waals surface area (Å²) in [5, 5.41) is 11.3. The van der Waals surface area contributed by atoms with Gasteiger partial charge in [-0.2, -0.15) is 0 Å². The Morgan fingerprint density at radius 2 is 1.72 bits per heavy atom. The highest BCUT2D eigenvalue weighted by Crippen LogP contribution is 2.30. The number of hydrogen-bond acceptors (Lipinski definition) is 5. The predicted octanol–water partition coefficient (Wildman–Crippen LogP) is 4.46. The fraction of sp³-hybridized carbons (Fsp3) is 0.370. The molecule has 2 aliphatic rings. The summed E-state index contributed by atoms with van der Waals surface area (Å²) >= 11 is 0. The third-order valence-corrected chi connectivity index (χ3v) is 6.72. The maximum atomic E-state index is 14.9. The number of aryl methyl sites for hydroxylation is 1. The highest BCUT2D eigenvalue weighted by Gasteiger charge is 2.42. The number of amides is 3. The van der Waals surface area contributed by atoms with Crippen LogP contribution in [-0.4, -0.2) is 43.4 Å². The predicted molar refractivity (Wildman–Crippen MR) is 132 cm³/mol. The molecule has 0 saturated carbocycles. The molecule has 3 heterocycles. The number of imide groups is 1. The zero-order valence-corrected chi connectivity index (χ0v) is 20.3. The monoisotopic (exact) mass is 489 g/mol. The van der Waals surface area contributed by atoms with Crippen LogP contribution in [0.5, 0.6) is 0 Å². The summed E-state index contributed by atoms with van der Waals surface area (Å²) in [6.07, 6.45) is 4.15. The molecule has 1 N–H and O–H groups in total. The first-order chi connectivity index (χ1) is 17.3. The van der Waals surface area contributed by atoms with Crippen LogP contribution >= 0.6 is 0 Å². The van der Waals surface area contributed by atoms with Gasteiger partial charge in [0.2, 0.25) is 5.91 Å². The van der Waals surface area contributed by atoms with Crippen molar-refractivity contribution in [3.05, 3.63) is 65.2 Å². The average molecular weight is 490 g/mol. The number of rotatable bonds is 6. The summed E-state index contributed by atoms with van der Waals surface area (Å²) in [5.74, 6) is -0.633. The number of aromatic nitrogens is 3. The van der Waals surface area contributed by atoms with Gasteiger partial charge >= 0.3 is 0 Å². The standard InChI is InChI=1S/C27H28FN5O3/c1-16(2)14-22(33-26(35)18-8-5-6-9-19(18)27(33)36)25(34)29-17-11-12-21(28)20(15-17)24-31-30-23-10-4-3-7-13-32(23)24/h5-6,8-9,11-12,15-16,22H,3-4,7,10,13-14H2,1-2H3,(H,29,34). The van der Waals surface area contributed by atoms with Gasteiger partial charge in [-0.15, -0.1) is 10.2 Å². The molecule has 0 bridgehead atoms. The summed E-state index contributed by atoms with van der Waals surface area (Å²) < 4.78 is 16.8. The van der Waals surface area contributed by atoms with E-state index in [1.807, 2.05) is 18.4 Å². The van der Waals surface area contributed by atoms with E-state index in [2.05, 4.69) is 15.5 Å². The molecular formula is C27H28FN5O3. The lowest BCUT2D eigenvalue weighted by molar-refractivity contribution is -0.120. The fourth-order valence-electron chi connectivity index (χ4n) is 4.95. The second-order valence-electron chi connectivity index (χ2n) is 9.76. The van der Waals surface area contributed by atoms with Crippen LogP contribution in [0.2, 0.25) is 0 Å². The van der Waals surface area contributed by atoms with Crippen LogP contribution in [0, 0.1) is 11.7 Å². The van der Waals surface area contributed by atoms with Crippen molar-refractivity contribution in [2.24, 2.45) is 5.92 Å². The molecule has 0 aliphatic carbocycles. The zero-order valence-electron chi connectivity index (χ0n) is 20.3. The van der Waals surface area contributed by atoms with Crippen molar-refractivity contribution >= 4 is 23.4 Å². The van der Waals surface area contributed by atoms with Crippen molar-refractivity contribution in [3.8, 4) is 11.4 Å². The number of benzene rings is 2. The third kappa shape index (κ3) is 4.29. The van der Waals surface area contributed by atoms with Crippen LogP contribution in [-0.2, 0) is 17.8 Å². The van der Waals surface area contributed by atoms with Gasteiger partial charge in [-0.05, 0) is 55.5 Å². The number of fused-ring (bicyclic) bond motifs is 2. The van der Waals surface area contributed by atoms with Gasteiger partial charge in [-0.1, -0.05) is 32.4 Å². The van der Waals surface area contributed by atoms with Crippen molar-refractivity contribution in [2.45, 2.75) is 58.5 Å². The minimum atomic E-state index is -1.00. The molecule has 1 unspecified atom stereocenters. The Labute approximate surface area is 208 Å². The van der Waals surface area contributed by atoms with E-state index in [-0.39, 0.29) is 11.5 Å². The molecule has 0 saturated heterocycles. The summed E-state index contributed by atoms with van der Waals surface area (Å²) in [6, 6.07) is 9.83. The van der Waals surface area contributed by atoms with Crippen LogP contribution in [0.4, 0.5) is 10.1 Å². The first-order valence-corrected chi connectivity index (χ1v) is 12.3. The number of halogens is 1. The van der Waals surface area contributed by atoms with Gasteiger partial charge in [0.05, 0.1) is 16.7 Å². The number of anilines is 1. The van der Waals surface area contributed by atoms with E-state index < -0.39 is 29.6 Å². The van der Waals surface area contributed by atoms with Crippen molar-refractivity contribution in [1.82, 2.24) is 19.7 Å². The van der Waals surface area contributed by atoms with Gasteiger partial charge in [-0.3, -0.25) is 19.3 Å². The van der Waals surface area contributed by atoms with Crippen molar-refractivity contribution in [3.63, 3.8) is 0 Å². The van der Waals surface area contributed by atoms with Gasteiger partial charge in [0, 0.05) is 18.7 Å². The molecule has 9 heteroatoms. The highest BCUT2D eigenvalue weighted by atomic mass is 19.1. The highest BCUT2D eigenvalue weighted by molar-refractivity contribution is 6.23. The minimum absolute atomic E-state index is 0.0419. The Morgan fingerprint density at radius 1 is 1.00 bits per heavy atom. The van der Waals surface area contributed by atoms with Crippen molar-refractivity contribution in [2.75, 3.05) is 5.32 Å². The lowest BCUT2D eigenvalue weighted by atomic mass is 10.0. The maximum Gasteiger partial charge on any atom is 0.262 e. The van der Waals surface area contributed by atoms with E-state index in [0.717, 1.165) is 36.4 Å². The van der Waals surface area contributed by atoms with Gasteiger partial charge in [-0.25, -0.2) is 4.39 Å². The Balaban J connectivity index is 1.44. The molecule has 5 rings (SSSR count). The Bertz CT molecular complexity index is 1310. The molecule has 0 spiro atoms. The Morgan fingerprint density at radius 3 is 2.42 bits per heavy atom. The van der Waals surface area contributed by atoms with E-state index in [1.165, 1.54) is 18.2 Å². The first-order valence-electron chi connectivity index (χ1n) is 12.3. The van der Waals surface area contributed by atoms with Crippen LogP contribution in [0.1, 0.15) is 66.1 Å². The fourth-order valence-corrected chi connectivity index (χ4v) is 4.95. The third-order valence-electron chi connectivity index (χ3n) is 6.72. The smallest absolute Gasteiger partial charge is 0.262 e. The Kier molecular flexibility index (Phi) is 6.38. The minimum Gasteiger partial charge on any atom is -0.324 e. The van der Waals surface area contributed by atoms with E-state index in [0.29, 0.717) is 35.6 Å². The number of nitrogens with one attached hydrogen (secondary N) is 1. The molecule has 3 aromatic rings. The normalized spacial score (nSPS) is 16.1. The van der Waals surface area contributed by atoms with E-state index in [4.69, 9.17) is 0 Å². The summed E-state index contributed by atoms with van der Waals surface area (Å²) in [5.41, 5.74) is 1.18. The molecule has 1 atom stereocenters. The topological polar surface area (TPSA) is 97.2 Å². The van der Waals surface area contributed by atoms with Crippen LogP contribution in [0.25, 0.3) is 11.4 Å². The Hall–Kier alpha value is -3.88.